The van der Waals surface area contributed by atoms with E-state index >= 15 is 0 Å². The van der Waals surface area contributed by atoms with Crippen molar-refractivity contribution in [1.29, 1.82) is 0 Å². The van der Waals surface area contributed by atoms with E-state index in [1.807, 2.05) is 12.1 Å². The summed E-state index contributed by atoms with van der Waals surface area (Å²) in [7, 11) is 0. The molecule has 2 nitrogen and oxygen atoms in total. The quantitative estimate of drug-likeness (QED) is 0.793. The highest BCUT2D eigenvalue weighted by Crippen LogP contribution is 2.38. The average molecular weight is 299 g/mol. The maximum atomic E-state index is 10.3. The van der Waals surface area contributed by atoms with Gasteiger partial charge in [0.25, 0.3) is 0 Å². The molecule has 1 aliphatic heterocycles. The molecule has 0 saturated carbocycles. The van der Waals surface area contributed by atoms with Crippen LogP contribution in [0.15, 0.2) is 65.7 Å². The summed E-state index contributed by atoms with van der Waals surface area (Å²) in [6.07, 6.45) is 2.02. The summed E-state index contributed by atoms with van der Waals surface area (Å²) in [5.41, 5.74) is 2.62. The monoisotopic (exact) mass is 299 g/mol. The highest BCUT2D eigenvalue weighted by atomic mass is 32.2. The fourth-order valence-electron chi connectivity index (χ4n) is 2.83. The van der Waals surface area contributed by atoms with Gasteiger partial charge in [0, 0.05) is 18.2 Å². The summed E-state index contributed by atoms with van der Waals surface area (Å²) in [5, 5.41) is 1.03. The van der Waals surface area contributed by atoms with Crippen molar-refractivity contribution in [2.24, 2.45) is 4.99 Å². The van der Waals surface area contributed by atoms with Gasteiger partial charge in [0.2, 0.25) is 0 Å². The lowest BCUT2D eigenvalue weighted by molar-refractivity contribution is 0.656. The van der Waals surface area contributed by atoms with Crippen LogP contribution in [-0.4, -0.2) is 21.9 Å². The zero-order valence-electron chi connectivity index (χ0n) is 12.0. The Morgan fingerprint density at radius 2 is 1.67 bits per heavy atom. The Bertz CT molecular complexity index is 597. The Morgan fingerprint density at radius 1 is 1.00 bits per heavy atom. The van der Waals surface area contributed by atoms with E-state index in [9.17, 15) is 4.55 Å². The summed E-state index contributed by atoms with van der Waals surface area (Å²) in [6, 6.07) is 21.0. The molecule has 1 heterocycles. The van der Waals surface area contributed by atoms with Crippen molar-refractivity contribution in [2.75, 3.05) is 12.3 Å². The highest BCUT2D eigenvalue weighted by molar-refractivity contribution is 8.25. The number of hydrogen-bond acceptors (Lipinski definition) is 2. The molecule has 21 heavy (non-hydrogen) atoms. The molecule has 2 atom stereocenters. The normalized spacial score (nSPS) is 21.0. The SMILES string of the molecule is O[SH]1CCN=C1C(CCc1ccccc1)c1ccccc1. The third-order valence-electron chi connectivity index (χ3n) is 3.93. The predicted molar refractivity (Wildman–Crippen MR) is 92.7 cm³/mol. The van der Waals surface area contributed by atoms with Crippen LogP contribution in [0.1, 0.15) is 23.5 Å². The molecule has 2 aromatic rings. The van der Waals surface area contributed by atoms with Crippen LogP contribution in [0.3, 0.4) is 0 Å². The van der Waals surface area contributed by atoms with Crippen molar-refractivity contribution >= 4 is 16.2 Å². The van der Waals surface area contributed by atoms with Gasteiger partial charge in [-0.2, -0.15) is 0 Å². The van der Waals surface area contributed by atoms with Gasteiger partial charge in [-0.25, -0.2) is 0 Å². The number of nitrogens with zero attached hydrogens (tertiary/aromatic N) is 1. The third kappa shape index (κ3) is 3.55. The summed E-state index contributed by atoms with van der Waals surface area (Å²) >= 11 is -1.02. The van der Waals surface area contributed by atoms with E-state index in [0.717, 1.165) is 30.2 Å². The predicted octanol–water partition coefficient (Wildman–Crippen LogP) is 4.29. The summed E-state index contributed by atoms with van der Waals surface area (Å²) in [6.45, 7) is 0.784. The molecule has 3 heteroatoms. The van der Waals surface area contributed by atoms with E-state index in [2.05, 4.69) is 53.5 Å². The van der Waals surface area contributed by atoms with Crippen molar-refractivity contribution in [1.82, 2.24) is 0 Å². The molecule has 3 rings (SSSR count). The van der Waals surface area contributed by atoms with Crippen molar-refractivity contribution in [2.45, 2.75) is 18.8 Å². The smallest absolute Gasteiger partial charge is 0.0775 e. The molecule has 0 aliphatic carbocycles. The number of rotatable bonds is 5. The van der Waals surface area contributed by atoms with Crippen molar-refractivity contribution in [3.8, 4) is 0 Å². The Kier molecular flexibility index (Phi) is 4.73. The van der Waals surface area contributed by atoms with Crippen LogP contribution in [0.2, 0.25) is 0 Å². The summed E-state index contributed by atoms with van der Waals surface area (Å²) < 4.78 is 10.3. The molecule has 2 aromatic carbocycles. The first-order valence-electron chi connectivity index (χ1n) is 7.44. The molecule has 1 aliphatic rings. The molecule has 0 amide bonds. The number of benzene rings is 2. The maximum Gasteiger partial charge on any atom is 0.0775 e. The van der Waals surface area contributed by atoms with Gasteiger partial charge in [-0.05, 0) is 24.0 Å². The largest absolute Gasteiger partial charge is 0.349 e. The Hall–Kier alpha value is -1.58. The van der Waals surface area contributed by atoms with E-state index in [1.54, 1.807) is 0 Å². The van der Waals surface area contributed by atoms with Crippen LogP contribution in [0, 0.1) is 0 Å². The lowest BCUT2D eigenvalue weighted by atomic mass is 9.93. The minimum absolute atomic E-state index is 0.255. The number of aryl methyl sites for hydroxylation is 1. The fourth-order valence-corrected chi connectivity index (χ4v) is 4.25. The zero-order chi connectivity index (χ0) is 14.5. The molecule has 0 saturated heterocycles. The molecule has 0 fully saturated rings. The lowest BCUT2D eigenvalue weighted by Crippen LogP contribution is -2.12. The Balaban J connectivity index is 1.80. The average Bonchev–Trinajstić information content (AvgIpc) is 2.96. The molecular weight excluding hydrogens is 278 g/mol. The first-order valence-corrected chi connectivity index (χ1v) is 8.92. The molecule has 0 radical (unpaired) electrons. The fraction of sp³-hybridized carbons (Fsp3) is 0.278. The van der Waals surface area contributed by atoms with Gasteiger partial charge in [-0.1, -0.05) is 60.7 Å². The van der Waals surface area contributed by atoms with E-state index in [-0.39, 0.29) is 5.92 Å². The van der Waals surface area contributed by atoms with Crippen LogP contribution >= 0.6 is 11.2 Å². The highest BCUT2D eigenvalue weighted by Gasteiger charge is 2.25. The van der Waals surface area contributed by atoms with Gasteiger partial charge < -0.3 is 4.55 Å². The third-order valence-corrected chi connectivity index (χ3v) is 5.53. The standard InChI is InChI=1S/C18H21NOS/c20-21-14-13-19-18(21)17(16-9-5-2-6-10-16)12-11-15-7-3-1-4-8-15/h1-10,17,20-21H,11-14H2. The minimum atomic E-state index is -1.02. The second-order valence-corrected chi connectivity index (χ2v) is 7.06. The molecule has 0 bridgehead atoms. The first kappa shape index (κ1) is 14.4. The molecule has 110 valence electrons. The second kappa shape index (κ2) is 6.92. The molecule has 0 aromatic heterocycles. The number of hydrogen-bond donors (Lipinski definition) is 2. The Morgan fingerprint density at radius 3 is 2.29 bits per heavy atom. The maximum absolute atomic E-state index is 10.3. The second-order valence-electron chi connectivity index (χ2n) is 5.35. The number of thiol groups is 1. The topological polar surface area (TPSA) is 32.6 Å². The van der Waals surface area contributed by atoms with Crippen molar-refractivity contribution in [3.05, 3.63) is 71.8 Å². The van der Waals surface area contributed by atoms with Crippen LogP contribution in [0.4, 0.5) is 0 Å². The van der Waals surface area contributed by atoms with Crippen LogP contribution in [-0.2, 0) is 6.42 Å². The summed E-state index contributed by atoms with van der Waals surface area (Å²) in [4.78, 5) is 4.60. The molecule has 1 N–H and O–H groups in total. The van der Waals surface area contributed by atoms with Crippen LogP contribution < -0.4 is 0 Å². The van der Waals surface area contributed by atoms with E-state index < -0.39 is 11.2 Å². The van der Waals surface area contributed by atoms with E-state index in [0.29, 0.717) is 0 Å². The molecule has 0 spiro atoms. The lowest BCUT2D eigenvalue weighted by Gasteiger charge is -2.22. The van der Waals surface area contributed by atoms with Crippen molar-refractivity contribution in [3.63, 3.8) is 0 Å². The first-order chi connectivity index (χ1) is 10.3. The van der Waals surface area contributed by atoms with Gasteiger partial charge in [0.15, 0.2) is 0 Å². The van der Waals surface area contributed by atoms with E-state index in [4.69, 9.17) is 0 Å². The van der Waals surface area contributed by atoms with Crippen LogP contribution in [0.25, 0.3) is 0 Å². The van der Waals surface area contributed by atoms with Crippen molar-refractivity contribution < 1.29 is 4.55 Å². The minimum Gasteiger partial charge on any atom is -0.349 e. The van der Waals surface area contributed by atoms with E-state index in [1.165, 1.54) is 11.1 Å². The van der Waals surface area contributed by atoms with Gasteiger partial charge in [0.1, 0.15) is 0 Å². The molecular formula is C18H21NOS. The van der Waals surface area contributed by atoms with Gasteiger partial charge in [-0.15, -0.1) is 11.2 Å². The van der Waals surface area contributed by atoms with Gasteiger partial charge in [0.05, 0.1) is 5.04 Å². The summed E-state index contributed by atoms with van der Waals surface area (Å²) in [5.74, 6) is 1.09. The molecule has 2 unspecified atom stereocenters. The number of aliphatic imine (C=N–C) groups is 1. The van der Waals surface area contributed by atoms with Gasteiger partial charge >= 0.3 is 0 Å². The van der Waals surface area contributed by atoms with Crippen LogP contribution in [0.5, 0.6) is 0 Å². The van der Waals surface area contributed by atoms with Gasteiger partial charge in [-0.3, -0.25) is 4.99 Å². The Labute approximate surface area is 129 Å². The zero-order valence-corrected chi connectivity index (χ0v) is 12.9.